The maximum Gasteiger partial charge on any atom is 0.216 e. The number of benzene rings is 1. The SMILES string of the molecule is CC(C)CC(C)NS(=O)(=O)Cc1ccc(C(N)=S)cc1. The van der Waals surface area contributed by atoms with E-state index in [-0.39, 0.29) is 11.8 Å². The number of hydrogen-bond acceptors (Lipinski definition) is 3. The minimum atomic E-state index is -3.33. The fourth-order valence-corrected chi connectivity index (χ4v) is 3.65. The van der Waals surface area contributed by atoms with Gasteiger partial charge in [-0.25, -0.2) is 13.1 Å². The van der Waals surface area contributed by atoms with E-state index in [4.69, 9.17) is 18.0 Å². The summed E-state index contributed by atoms with van der Waals surface area (Å²) in [5.74, 6) is 0.421. The number of nitrogens with one attached hydrogen (secondary N) is 1. The largest absolute Gasteiger partial charge is 0.389 e. The van der Waals surface area contributed by atoms with Crippen LogP contribution in [-0.4, -0.2) is 19.4 Å². The molecule has 0 spiro atoms. The number of rotatable bonds is 7. The van der Waals surface area contributed by atoms with Crippen molar-refractivity contribution in [2.24, 2.45) is 11.7 Å². The van der Waals surface area contributed by atoms with Crippen LogP contribution < -0.4 is 10.5 Å². The molecule has 0 fully saturated rings. The molecule has 0 aromatic heterocycles. The fourth-order valence-electron chi connectivity index (χ4n) is 2.09. The summed E-state index contributed by atoms with van der Waals surface area (Å²) < 4.78 is 26.8. The summed E-state index contributed by atoms with van der Waals surface area (Å²) in [5, 5.41) is 0. The average molecular weight is 314 g/mol. The van der Waals surface area contributed by atoms with Crippen molar-refractivity contribution in [1.29, 1.82) is 0 Å². The Balaban J connectivity index is 2.68. The normalized spacial score (nSPS) is 13.4. The second-order valence-corrected chi connectivity index (χ2v) is 7.66. The first-order valence-electron chi connectivity index (χ1n) is 6.58. The molecule has 0 saturated carbocycles. The summed E-state index contributed by atoms with van der Waals surface area (Å²) in [6.45, 7) is 6.02. The molecule has 1 aromatic carbocycles. The van der Waals surface area contributed by atoms with Crippen molar-refractivity contribution in [2.45, 2.75) is 39.0 Å². The highest BCUT2D eigenvalue weighted by Crippen LogP contribution is 2.10. The van der Waals surface area contributed by atoms with Gasteiger partial charge >= 0.3 is 0 Å². The van der Waals surface area contributed by atoms with Gasteiger partial charge < -0.3 is 5.73 Å². The van der Waals surface area contributed by atoms with Crippen molar-refractivity contribution in [2.75, 3.05) is 0 Å². The monoisotopic (exact) mass is 314 g/mol. The molecule has 0 heterocycles. The summed E-state index contributed by atoms with van der Waals surface area (Å²) in [4.78, 5) is 0.308. The van der Waals surface area contributed by atoms with Gasteiger partial charge in [0.05, 0.1) is 5.75 Å². The molecular formula is C14H22N2O2S2. The van der Waals surface area contributed by atoms with Crippen LogP contribution in [0.4, 0.5) is 0 Å². The molecule has 1 unspecified atom stereocenters. The first-order valence-corrected chi connectivity index (χ1v) is 8.64. The van der Waals surface area contributed by atoms with Crippen LogP contribution in [0, 0.1) is 5.92 Å². The highest BCUT2D eigenvalue weighted by molar-refractivity contribution is 7.88. The van der Waals surface area contributed by atoms with Crippen LogP contribution in [-0.2, 0) is 15.8 Å². The van der Waals surface area contributed by atoms with Crippen LogP contribution >= 0.6 is 12.2 Å². The molecular weight excluding hydrogens is 292 g/mol. The highest BCUT2D eigenvalue weighted by Gasteiger charge is 2.16. The molecule has 4 nitrogen and oxygen atoms in total. The molecule has 0 amide bonds. The van der Waals surface area contributed by atoms with Gasteiger partial charge in [0.15, 0.2) is 0 Å². The van der Waals surface area contributed by atoms with Gasteiger partial charge in [-0.3, -0.25) is 0 Å². The lowest BCUT2D eigenvalue weighted by Gasteiger charge is -2.16. The minimum Gasteiger partial charge on any atom is -0.389 e. The van der Waals surface area contributed by atoms with E-state index in [9.17, 15) is 8.42 Å². The molecule has 112 valence electrons. The molecule has 0 aliphatic heterocycles. The predicted molar refractivity (Wildman–Crippen MR) is 87.0 cm³/mol. The number of thiocarbonyl (C=S) groups is 1. The van der Waals surface area contributed by atoms with Crippen LogP contribution in [0.15, 0.2) is 24.3 Å². The number of hydrogen-bond donors (Lipinski definition) is 2. The highest BCUT2D eigenvalue weighted by atomic mass is 32.2. The van der Waals surface area contributed by atoms with Crippen LogP contribution in [0.1, 0.15) is 38.3 Å². The molecule has 0 radical (unpaired) electrons. The third kappa shape index (κ3) is 5.98. The summed E-state index contributed by atoms with van der Waals surface area (Å²) in [6, 6.07) is 6.90. The van der Waals surface area contributed by atoms with E-state index in [1.165, 1.54) is 0 Å². The Kier molecular flexibility index (Phi) is 6.10. The van der Waals surface area contributed by atoms with E-state index < -0.39 is 10.0 Å². The molecule has 0 aliphatic rings. The lowest BCUT2D eigenvalue weighted by atomic mass is 10.1. The second kappa shape index (κ2) is 7.15. The smallest absolute Gasteiger partial charge is 0.216 e. The molecule has 0 saturated heterocycles. The summed E-state index contributed by atoms with van der Waals surface area (Å²) in [5.41, 5.74) is 6.96. The molecule has 0 aliphatic carbocycles. The van der Waals surface area contributed by atoms with Crippen molar-refractivity contribution >= 4 is 27.2 Å². The van der Waals surface area contributed by atoms with Crippen molar-refractivity contribution < 1.29 is 8.42 Å². The zero-order valence-electron chi connectivity index (χ0n) is 12.1. The molecule has 1 atom stereocenters. The zero-order valence-corrected chi connectivity index (χ0v) is 13.7. The van der Waals surface area contributed by atoms with Gasteiger partial charge in [-0.2, -0.15) is 0 Å². The quantitative estimate of drug-likeness (QED) is 0.757. The number of sulfonamides is 1. The zero-order chi connectivity index (χ0) is 15.3. The second-order valence-electron chi connectivity index (χ2n) is 5.47. The maximum absolute atomic E-state index is 12.0. The van der Waals surface area contributed by atoms with E-state index in [0.717, 1.165) is 12.0 Å². The van der Waals surface area contributed by atoms with Crippen LogP contribution in [0.3, 0.4) is 0 Å². The summed E-state index contributed by atoms with van der Waals surface area (Å²) >= 11 is 4.86. The van der Waals surface area contributed by atoms with Crippen LogP contribution in [0.5, 0.6) is 0 Å². The number of nitrogens with two attached hydrogens (primary N) is 1. The van der Waals surface area contributed by atoms with Gasteiger partial charge in [-0.15, -0.1) is 0 Å². The maximum atomic E-state index is 12.0. The Morgan fingerprint density at radius 2 is 1.80 bits per heavy atom. The molecule has 20 heavy (non-hydrogen) atoms. The van der Waals surface area contributed by atoms with Crippen molar-refractivity contribution in [1.82, 2.24) is 4.72 Å². The van der Waals surface area contributed by atoms with Gasteiger partial charge in [-0.05, 0) is 24.8 Å². The third-order valence-electron chi connectivity index (χ3n) is 2.80. The average Bonchev–Trinajstić information content (AvgIpc) is 2.26. The van der Waals surface area contributed by atoms with Crippen molar-refractivity contribution in [3.8, 4) is 0 Å². The lowest BCUT2D eigenvalue weighted by molar-refractivity contribution is 0.482. The first kappa shape index (κ1) is 17.1. The molecule has 1 rings (SSSR count). The van der Waals surface area contributed by atoms with Crippen molar-refractivity contribution in [3.05, 3.63) is 35.4 Å². The van der Waals surface area contributed by atoms with E-state index in [0.29, 0.717) is 16.5 Å². The standard InChI is InChI=1S/C14H22N2O2S2/c1-10(2)8-11(3)16-20(17,18)9-12-4-6-13(7-5-12)14(15)19/h4-7,10-11,16H,8-9H2,1-3H3,(H2,15,19). The van der Waals surface area contributed by atoms with E-state index in [2.05, 4.69) is 18.6 Å². The Morgan fingerprint density at radius 1 is 1.25 bits per heavy atom. The summed E-state index contributed by atoms with van der Waals surface area (Å²) in [6.07, 6.45) is 0.819. The Morgan fingerprint density at radius 3 is 2.25 bits per heavy atom. The lowest BCUT2D eigenvalue weighted by Crippen LogP contribution is -2.34. The van der Waals surface area contributed by atoms with E-state index >= 15 is 0 Å². The van der Waals surface area contributed by atoms with Crippen LogP contribution in [0.2, 0.25) is 0 Å². The van der Waals surface area contributed by atoms with Gasteiger partial charge in [-0.1, -0.05) is 50.3 Å². The fraction of sp³-hybridized carbons (Fsp3) is 0.500. The van der Waals surface area contributed by atoms with Gasteiger partial charge in [0.2, 0.25) is 10.0 Å². The molecule has 0 bridgehead atoms. The Bertz CT molecular complexity index is 551. The van der Waals surface area contributed by atoms with Crippen molar-refractivity contribution in [3.63, 3.8) is 0 Å². The Hall–Kier alpha value is -0.980. The van der Waals surface area contributed by atoms with E-state index in [1.807, 2.05) is 6.92 Å². The third-order valence-corrected chi connectivity index (χ3v) is 4.51. The van der Waals surface area contributed by atoms with Gasteiger partial charge in [0.25, 0.3) is 0 Å². The minimum absolute atomic E-state index is 0.0347. The Labute approximate surface area is 126 Å². The predicted octanol–water partition coefficient (Wildman–Crippen LogP) is 2.17. The summed E-state index contributed by atoms with van der Waals surface area (Å²) in [7, 11) is -3.33. The first-order chi connectivity index (χ1) is 9.19. The van der Waals surface area contributed by atoms with Gasteiger partial charge in [0, 0.05) is 11.6 Å². The topological polar surface area (TPSA) is 72.2 Å². The molecule has 1 aromatic rings. The van der Waals surface area contributed by atoms with E-state index in [1.54, 1.807) is 24.3 Å². The van der Waals surface area contributed by atoms with Crippen LogP contribution in [0.25, 0.3) is 0 Å². The molecule has 3 N–H and O–H groups in total. The molecule has 6 heteroatoms. The van der Waals surface area contributed by atoms with Gasteiger partial charge in [0.1, 0.15) is 4.99 Å².